The smallest absolute Gasteiger partial charge is 0.251 e. The lowest BCUT2D eigenvalue weighted by Gasteiger charge is -2.15. The second kappa shape index (κ2) is 4.96. The third-order valence-corrected chi connectivity index (χ3v) is 3.17. The van der Waals surface area contributed by atoms with Crippen molar-refractivity contribution in [3.8, 4) is 0 Å². The highest BCUT2D eigenvalue weighted by Gasteiger charge is 2.39. The highest BCUT2D eigenvalue weighted by atomic mass is 35.5. The van der Waals surface area contributed by atoms with Crippen LogP contribution in [-0.2, 0) is 5.92 Å². The average Bonchev–Trinajstić information content (AvgIpc) is 2.47. The Morgan fingerprint density at radius 2 is 1.76 bits per heavy atom. The van der Waals surface area contributed by atoms with Crippen LogP contribution in [0.5, 0.6) is 0 Å². The van der Waals surface area contributed by atoms with Crippen LogP contribution in [0.3, 0.4) is 0 Å². The third-order valence-electron chi connectivity index (χ3n) is 2.89. The summed E-state index contributed by atoms with van der Waals surface area (Å²) in [6, 6.07) is 8.34. The van der Waals surface area contributed by atoms with Crippen LogP contribution in [0, 0.1) is 5.82 Å². The van der Waals surface area contributed by atoms with E-state index in [-0.39, 0.29) is 5.15 Å². The lowest BCUT2D eigenvalue weighted by Crippen LogP contribution is -2.21. The first kappa shape index (κ1) is 13.8. The molecule has 0 fully saturated rings. The summed E-state index contributed by atoms with van der Waals surface area (Å²) in [5, 5.41) is 0.406. The summed E-state index contributed by atoms with van der Waals surface area (Å²) in [6.45, 7) is 0. The Hall–Kier alpha value is -2.21. The monoisotopic (exact) mass is 309 g/mol. The number of alkyl halides is 2. The van der Waals surface area contributed by atoms with Crippen LogP contribution < -0.4 is 0 Å². The number of aromatic nitrogens is 3. The first-order chi connectivity index (χ1) is 9.98. The zero-order chi connectivity index (χ0) is 15.0. The standard InChI is InChI=1S/C14H7ClF3N3/c15-12-9-3-1-2-4-10(9)20-13(21-12)14(17,18)11-6-5-8(16)7-19-11/h1-7H. The van der Waals surface area contributed by atoms with E-state index < -0.39 is 23.3 Å². The van der Waals surface area contributed by atoms with Crippen molar-refractivity contribution in [2.75, 3.05) is 0 Å². The van der Waals surface area contributed by atoms with Gasteiger partial charge < -0.3 is 0 Å². The molecule has 2 heterocycles. The number of halogens is 4. The number of nitrogens with zero attached hydrogens (tertiary/aromatic N) is 3. The van der Waals surface area contributed by atoms with E-state index in [0.717, 1.165) is 12.1 Å². The molecule has 0 saturated carbocycles. The van der Waals surface area contributed by atoms with Gasteiger partial charge in [-0.2, -0.15) is 8.78 Å². The van der Waals surface area contributed by atoms with Crippen molar-refractivity contribution in [2.24, 2.45) is 0 Å². The highest BCUT2D eigenvalue weighted by molar-refractivity contribution is 6.34. The molecule has 3 rings (SSSR count). The Morgan fingerprint density at radius 1 is 1.00 bits per heavy atom. The van der Waals surface area contributed by atoms with Gasteiger partial charge in [-0.15, -0.1) is 0 Å². The molecule has 0 aliphatic rings. The topological polar surface area (TPSA) is 38.7 Å². The van der Waals surface area contributed by atoms with Crippen molar-refractivity contribution < 1.29 is 13.2 Å². The summed E-state index contributed by atoms with van der Waals surface area (Å²) < 4.78 is 41.5. The Labute approximate surface area is 122 Å². The molecule has 0 atom stereocenters. The average molecular weight is 310 g/mol. The van der Waals surface area contributed by atoms with E-state index >= 15 is 0 Å². The fraction of sp³-hybridized carbons (Fsp3) is 0.0714. The van der Waals surface area contributed by atoms with Crippen molar-refractivity contribution >= 4 is 22.5 Å². The third kappa shape index (κ3) is 2.42. The fourth-order valence-corrected chi connectivity index (χ4v) is 2.09. The van der Waals surface area contributed by atoms with Gasteiger partial charge in [0.25, 0.3) is 0 Å². The van der Waals surface area contributed by atoms with Crippen LogP contribution in [0.2, 0.25) is 5.15 Å². The summed E-state index contributed by atoms with van der Waals surface area (Å²) in [5.74, 6) is -5.04. The van der Waals surface area contributed by atoms with Crippen LogP contribution in [0.4, 0.5) is 13.2 Å². The zero-order valence-corrected chi connectivity index (χ0v) is 11.2. The number of rotatable bonds is 2. The van der Waals surface area contributed by atoms with Gasteiger partial charge in [0.2, 0.25) is 5.82 Å². The molecule has 1 aromatic carbocycles. The minimum absolute atomic E-state index is 0.0719. The molecule has 0 aliphatic carbocycles. The summed E-state index contributed by atoms with van der Waals surface area (Å²) in [5.41, 5.74) is -0.343. The van der Waals surface area contributed by atoms with E-state index in [1.165, 1.54) is 0 Å². The minimum Gasteiger partial charge on any atom is -0.251 e. The molecule has 0 saturated heterocycles. The van der Waals surface area contributed by atoms with E-state index in [1.807, 2.05) is 0 Å². The molecule has 0 radical (unpaired) electrons. The second-order valence-electron chi connectivity index (χ2n) is 4.29. The zero-order valence-electron chi connectivity index (χ0n) is 10.4. The molecule has 3 aromatic rings. The molecule has 0 N–H and O–H groups in total. The van der Waals surface area contributed by atoms with E-state index in [4.69, 9.17) is 11.6 Å². The van der Waals surface area contributed by atoms with Crippen molar-refractivity contribution in [2.45, 2.75) is 5.92 Å². The number of fused-ring (bicyclic) bond motifs is 1. The Balaban J connectivity index is 2.16. The molecule has 0 spiro atoms. The number of pyridine rings is 1. The quantitative estimate of drug-likeness (QED) is 0.673. The van der Waals surface area contributed by atoms with E-state index in [0.29, 0.717) is 17.1 Å². The summed E-state index contributed by atoms with van der Waals surface area (Å²) >= 11 is 5.92. The summed E-state index contributed by atoms with van der Waals surface area (Å²) in [4.78, 5) is 10.9. The number of para-hydroxylation sites is 1. The first-order valence-corrected chi connectivity index (χ1v) is 6.29. The van der Waals surface area contributed by atoms with Crippen LogP contribution in [0.1, 0.15) is 11.5 Å². The van der Waals surface area contributed by atoms with E-state index in [2.05, 4.69) is 15.0 Å². The van der Waals surface area contributed by atoms with Gasteiger partial charge in [-0.3, -0.25) is 4.98 Å². The van der Waals surface area contributed by atoms with Gasteiger partial charge in [-0.25, -0.2) is 14.4 Å². The van der Waals surface area contributed by atoms with Crippen LogP contribution >= 0.6 is 11.6 Å². The maximum atomic E-state index is 14.4. The molecule has 106 valence electrons. The van der Waals surface area contributed by atoms with Gasteiger partial charge in [0.15, 0.2) is 0 Å². The van der Waals surface area contributed by atoms with Gasteiger partial charge in [0, 0.05) is 5.39 Å². The largest absolute Gasteiger partial charge is 0.348 e. The van der Waals surface area contributed by atoms with E-state index in [1.54, 1.807) is 24.3 Å². The van der Waals surface area contributed by atoms with Gasteiger partial charge in [-0.1, -0.05) is 23.7 Å². The maximum Gasteiger partial charge on any atom is 0.348 e. The predicted molar refractivity (Wildman–Crippen MR) is 71.7 cm³/mol. The maximum absolute atomic E-state index is 14.4. The van der Waals surface area contributed by atoms with Crippen LogP contribution in [-0.4, -0.2) is 15.0 Å². The molecule has 0 aliphatic heterocycles. The Bertz CT molecular complexity index is 806. The summed E-state index contributed by atoms with van der Waals surface area (Å²) in [7, 11) is 0. The SMILES string of the molecule is Fc1ccc(C(F)(F)c2nc(Cl)c3ccccc3n2)nc1. The van der Waals surface area contributed by atoms with Gasteiger partial charge in [0.1, 0.15) is 16.7 Å². The number of hydrogen-bond acceptors (Lipinski definition) is 3. The fourth-order valence-electron chi connectivity index (χ4n) is 1.85. The number of hydrogen-bond donors (Lipinski definition) is 0. The van der Waals surface area contributed by atoms with Crippen molar-refractivity contribution in [3.05, 3.63) is 65.1 Å². The highest BCUT2D eigenvalue weighted by Crippen LogP contribution is 2.34. The second-order valence-corrected chi connectivity index (χ2v) is 4.65. The lowest BCUT2D eigenvalue weighted by atomic mass is 10.2. The lowest BCUT2D eigenvalue weighted by molar-refractivity contribution is 0.0284. The van der Waals surface area contributed by atoms with Crippen molar-refractivity contribution in [1.29, 1.82) is 0 Å². The Kier molecular flexibility index (Phi) is 3.25. The van der Waals surface area contributed by atoms with Crippen LogP contribution in [0.25, 0.3) is 10.9 Å². The molecular formula is C14H7ClF3N3. The normalized spacial score (nSPS) is 11.8. The first-order valence-electron chi connectivity index (χ1n) is 5.91. The minimum atomic E-state index is -3.57. The molecule has 2 aromatic heterocycles. The van der Waals surface area contributed by atoms with Gasteiger partial charge in [0.05, 0.1) is 11.7 Å². The predicted octanol–water partition coefficient (Wildman–Crippen LogP) is 3.96. The summed E-state index contributed by atoms with van der Waals surface area (Å²) in [6.07, 6.45) is 0.714. The van der Waals surface area contributed by atoms with Gasteiger partial charge in [-0.05, 0) is 24.3 Å². The Morgan fingerprint density at radius 3 is 2.48 bits per heavy atom. The molecular weight excluding hydrogens is 303 g/mol. The molecule has 0 unspecified atom stereocenters. The van der Waals surface area contributed by atoms with Crippen molar-refractivity contribution in [3.63, 3.8) is 0 Å². The number of benzene rings is 1. The van der Waals surface area contributed by atoms with Crippen molar-refractivity contribution in [1.82, 2.24) is 15.0 Å². The van der Waals surface area contributed by atoms with E-state index in [9.17, 15) is 13.2 Å². The van der Waals surface area contributed by atoms with Crippen LogP contribution in [0.15, 0.2) is 42.6 Å². The molecule has 7 heteroatoms. The molecule has 21 heavy (non-hydrogen) atoms. The molecule has 0 amide bonds. The molecule has 3 nitrogen and oxygen atoms in total. The van der Waals surface area contributed by atoms with Gasteiger partial charge >= 0.3 is 5.92 Å². The molecule has 0 bridgehead atoms.